The summed E-state index contributed by atoms with van der Waals surface area (Å²) in [5.41, 5.74) is -2.24. The van der Waals surface area contributed by atoms with Gasteiger partial charge < -0.3 is 6.15 Å². The van der Waals surface area contributed by atoms with Crippen molar-refractivity contribution in [3.05, 3.63) is 0 Å². The molecule has 4 atom stereocenters. The van der Waals surface area contributed by atoms with Crippen molar-refractivity contribution < 1.29 is 35.5 Å². The number of carbonyl (C=O) groups excluding carboxylic acids is 2. The molecule has 0 radical (unpaired) electrons. The molecular formula is C20H35NO8S2. The Kier molecular flexibility index (Phi) is 6.45. The van der Waals surface area contributed by atoms with Crippen LogP contribution in [0.2, 0.25) is 0 Å². The second-order valence-corrected chi connectivity index (χ2v) is 13.7. The highest BCUT2D eigenvalue weighted by Crippen LogP contribution is 2.65. The Morgan fingerprint density at radius 3 is 1.19 bits per heavy atom. The van der Waals surface area contributed by atoms with Crippen molar-refractivity contribution in [1.29, 1.82) is 0 Å². The second kappa shape index (κ2) is 7.58. The van der Waals surface area contributed by atoms with Crippen LogP contribution in [0.15, 0.2) is 0 Å². The lowest BCUT2D eigenvalue weighted by molar-refractivity contribution is -0.128. The van der Waals surface area contributed by atoms with E-state index in [0.717, 1.165) is 12.8 Å². The molecule has 4 rings (SSSR count). The predicted molar refractivity (Wildman–Crippen MR) is 115 cm³/mol. The third-order valence-corrected chi connectivity index (χ3v) is 10.9. The second-order valence-electron chi connectivity index (χ2n) is 10.8. The molecule has 4 aliphatic carbocycles. The number of Topliss-reactive ketones (excluding diaryl/α,β-unsaturated/α-hetero) is 2. The third-order valence-electron chi connectivity index (χ3n) is 9.14. The van der Waals surface area contributed by atoms with E-state index in [-0.39, 0.29) is 40.4 Å². The molecule has 0 aromatic carbocycles. The van der Waals surface area contributed by atoms with Crippen LogP contribution >= 0.6 is 0 Å². The summed E-state index contributed by atoms with van der Waals surface area (Å²) in [5, 5.41) is 0. The predicted octanol–water partition coefficient (Wildman–Crippen LogP) is 2.70. The summed E-state index contributed by atoms with van der Waals surface area (Å²) in [6.45, 7) is 7.78. The molecule has 0 saturated heterocycles. The van der Waals surface area contributed by atoms with E-state index < -0.39 is 42.6 Å². The smallest absolute Gasteiger partial charge is 0.265 e. The Bertz CT molecular complexity index is 905. The summed E-state index contributed by atoms with van der Waals surface area (Å²) in [5.74, 6) is -0.203. The largest absolute Gasteiger partial charge is 0.344 e. The monoisotopic (exact) mass is 481 g/mol. The fraction of sp³-hybridized carbons (Fsp3) is 0.900. The maximum atomic E-state index is 11.9. The zero-order valence-electron chi connectivity index (χ0n) is 18.7. The third kappa shape index (κ3) is 4.01. The van der Waals surface area contributed by atoms with Gasteiger partial charge in [-0.05, 0) is 48.3 Å². The number of hydrogen-bond donors (Lipinski definition) is 3. The molecule has 4 saturated carbocycles. The number of rotatable bonds is 4. The van der Waals surface area contributed by atoms with Crippen molar-refractivity contribution >= 4 is 31.8 Å². The summed E-state index contributed by atoms with van der Waals surface area (Å²) in [6.07, 6.45) is 3.94. The number of fused-ring (bicyclic) bond motifs is 4. The Hall–Kier alpha value is -0.880. The molecule has 0 aliphatic heterocycles. The SMILES string of the molecule is CC1(C)C2CCC1(CS(=O)(=O)O)C(=O)C2.CC1(C)C2CCC1(CS(=O)(=O)O)C(=O)C2.N. The van der Waals surface area contributed by atoms with E-state index in [1.165, 1.54) is 0 Å². The van der Waals surface area contributed by atoms with Crippen molar-refractivity contribution in [3.8, 4) is 0 Å². The van der Waals surface area contributed by atoms with E-state index in [9.17, 15) is 26.4 Å². The fourth-order valence-corrected chi connectivity index (χ4v) is 9.44. The van der Waals surface area contributed by atoms with Gasteiger partial charge in [-0.3, -0.25) is 18.7 Å². The van der Waals surface area contributed by atoms with Crippen LogP contribution in [0.1, 0.15) is 66.2 Å². The topological polar surface area (TPSA) is 178 Å². The van der Waals surface area contributed by atoms with Crippen LogP contribution in [0, 0.1) is 33.5 Å². The van der Waals surface area contributed by atoms with Crippen molar-refractivity contribution in [3.63, 3.8) is 0 Å². The number of carbonyl (C=O) groups is 2. The standard InChI is InChI=1S/2C10H16O4S.H3N/c2*1-9(2)7-3-4-10(9,8(11)5-7)6-15(12,13)14;/h2*7H,3-6H2,1-2H3,(H,12,13,14);1H3. The maximum Gasteiger partial charge on any atom is 0.265 e. The summed E-state index contributed by atoms with van der Waals surface area (Å²) >= 11 is 0. The molecule has 11 heteroatoms. The van der Waals surface area contributed by atoms with E-state index >= 15 is 0 Å². The highest BCUT2D eigenvalue weighted by atomic mass is 32.2. The van der Waals surface area contributed by atoms with Crippen LogP contribution in [-0.4, -0.2) is 49.0 Å². The van der Waals surface area contributed by atoms with Gasteiger partial charge in [-0.2, -0.15) is 16.8 Å². The summed E-state index contributed by atoms with van der Waals surface area (Å²) < 4.78 is 62.0. The minimum atomic E-state index is -4.08. The number of ketones is 2. The van der Waals surface area contributed by atoms with E-state index in [2.05, 4.69) is 0 Å². The van der Waals surface area contributed by atoms with E-state index in [0.29, 0.717) is 25.7 Å². The lowest BCUT2D eigenvalue weighted by atomic mass is 9.70. The van der Waals surface area contributed by atoms with Gasteiger partial charge in [0, 0.05) is 12.8 Å². The van der Waals surface area contributed by atoms with Crippen LogP contribution in [0.3, 0.4) is 0 Å². The molecule has 4 fully saturated rings. The molecule has 0 aromatic heterocycles. The Labute approximate surface area is 184 Å². The minimum Gasteiger partial charge on any atom is -0.344 e. The lowest BCUT2D eigenvalue weighted by Crippen LogP contribution is -2.42. The molecule has 31 heavy (non-hydrogen) atoms. The molecule has 0 heterocycles. The molecule has 4 bridgehead atoms. The zero-order valence-corrected chi connectivity index (χ0v) is 20.3. The summed E-state index contributed by atoms with van der Waals surface area (Å²) in [6, 6.07) is 0. The first-order valence-corrected chi connectivity index (χ1v) is 13.6. The Morgan fingerprint density at radius 1 is 0.742 bits per heavy atom. The lowest BCUT2D eigenvalue weighted by Gasteiger charge is -2.35. The van der Waals surface area contributed by atoms with E-state index in [4.69, 9.17) is 9.11 Å². The van der Waals surface area contributed by atoms with Gasteiger partial charge in [0.25, 0.3) is 20.2 Å². The van der Waals surface area contributed by atoms with Gasteiger partial charge in [-0.15, -0.1) is 0 Å². The van der Waals surface area contributed by atoms with Crippen molar-refractivity contribution in [2.24, 2.45) is 33.5 Å². The number of hydrogen-bond acceptors (Lipinski definition) is 7. The first kappa shape index (κ1) is 26.4. The first-order chi connectivity index (χ1) is 13.4. The Morgan fingerprint density at radius 2 is 1.03 bits per heavy atom. The maximum absolute atomic E-state index is 11.9. The zero-order chi connectivity index (χ0) is 23.0. The highest BCUT2D eigenvalue weighted by Gasteiger charge is 2.66. The highest BCUT2D eigenvalue weighted by molar-refractivity contribution is 7.86. The van der Waals surface area contributed by atoms with Crippen LogP contribution < -0.4 is 6.15 Å². The summed E-state index contributed by atoms with van der Waals surface area (Å²) in [7, 11) is -8.15. The molecule has 0 spiro atoms. The van der Waals surface area contributed by atoms with Crippen molar-refractivity contribution in [2.45, 2.75) is 66.2 Å². The van der Waals surface area contributed by atoms with Gasteiger partial charge in [0.1, 0.15) is 11.6 Å². The molecule has 9 nitrogen and oxygen atoms in total. The molecule has 0 amide bonds. The average Bonchev–Trinajstić information content (AvgIpc) is 3.05. The van der Waals surface area contributed by atoms with Crippen LogP contribution in [0.25, 0.3) is 0 Å². The van der Waals surface area contributed by atoms with E-state index in [1.54, 1.807) is 0 Å². The van der Waals surface area contributed by atoms with Gasteiger partial charge in [0.2, 0.25) is 0 Å². The molecular weight excluding hydrogens is 446 g/mol. The van der Waals surface area contributed by atoms with Crippen LogP contribution in [-0.2, 0) is 29.8 Å². The Balaban J connectivity index is 0.000000213. The van der Waals surface area contributed by atoms with Crippen LogP contribution in [0.5, 0.6) is 0 Å². The molecule has 180 valence electrons. The van der Waals surface area contributed by atoms with Gasteiger partial charge in [0.05, 0.1) is 22.3 Å². The van der Waals surface area contributed by atoms with E-state index in [1.807, 2.05) is 27.7 Å². The van der Waals surface area contributed by atoms with Gasteiger partial charge >= 0.3 is 0 Å². The minimum absolute atomic E-state index is 0. The average molecular weight is 482 g/mol. The van der Waals surface area contributed by atoms with Crippen LogP contribution in [0.4, 0.5) is 0 Å². The van der Waals surface area contributed by atoms with Gasteiger partial charge in [-0.25, -0.2) is 0 Å². The van der Waals surface area contributed by atoms with Gasteiger partial charge in [-0.1, -0.05) is 27.7 Å². The fourth-order valence-electron chi connectivity index (χ4n) is 6.84. The molecule has 5 N–H and O–H groups in total. The normalized spacial score (nSPS) is 37.4. The first-order valence-electron chi connectivity index (χ1n) is 10.3. The van der Waals surface area contributed by atoms with Crippen molar-refractivity contribution in [1.82, 2.24) is 6.15 Å². The van der Waals surface area contributed by atoms with Gasteiger partial charge in [0.15, 0.2) is 0 Å². The molecule has 4 aliphatic rings. The summed E-state index contributed by atoms with van der Waals surface area (Å²) in [4.78, 5) is 23.8. The molecule has 4 unspecified atom stereocenters. The van der Waals surface area contributed by atoms with Crippen molar-refractivity contribution in [2.75, 3.05) is 11.5 Å². The molecule has 0 aromatic rings. The quantitative estimate of drug-likeness (QED) is 0.509.